The lowest BCUT2D eigenvalue weighted by atomic mass is 10.3. The molecular weight excluding hydrogens is 180 g/mol. The van der Waals surface area contributed by atoms with Crippen LogP contribution in [0.3, 0.4) is 0 Å². The number of nitrogens with zero attached hydrogens (tertiary/aromatic N) is 3. The second kappa shape index (κ2) is 5.89. The van der Waals surface area contributed by atoms with Gasteiger partial charge in [0, 0.05) is 19.9 Å². The van der Waals surface area contributed by atoms with Gasteiger partial charge in [0.25, 0.3) is 0 Å². The first-order chi connectivity index (χ1) is 6.86. The summed E-state index contributed by atoms with van der Waals surface area (Å²) in [4.78, 5) is 8.14. The van der Waals surface area contributed by atoms with Gasteiger partial charge in [0.2, 0.25) is 5.95 Å². The third-order valence-electron chi connectivity index (χ3n) is 1.56. The molecule has 1 heterocycles. The summed E-state index contributed by atoms with van der Waals surface area (Å²) in [6.07, 6.45) is 1.94. The molecule has 0 amide bonds. The zero-order valence-electron chi connectivity index (χ0n) is 8.03. The lowest BCUT2D eigenvalue weighted by molar-refractivity contribution is 0.210. The Kier molecular flexibility index (Phi) is 4.38. The van der Waals surface area contributed by atoms with Crippen LogP contribution in [0.15, 0.2) is 12.3 Å². The number of nitrogens with one attached hydrogen (secondary N) is 1. The predicted molar refractivity (Wildman–Crippen MR) is 51.7 cm³/mol. The van der Waals surface area contributed by atoms with Crippen molar-refractivity contribution in [2.24, 2.45) is 0 Å². The Morgan fingerprint density at radius 3 is 3.21 bits per heavy atom. The number of aromatic nitrogens is 2. The quantitative estimate of drug-likeness (QED) is 0.692. The fraction of sp³-hybridized carbons (Fsp3) is 0.444. The van der Waals surface area contributed by atoms with Crippen molar-refractivity contribution < 1.29 is 4.74 Å². The molecule has 0 saturated carbocycles. The Bertz CT molecular complexity index is 321. The van der Waals surface area contributed by atoms with Crippen LogP contribution in [-0.4, -0.2) is 30.2 Å². The number of ether oxygens (including phenoxy) is 1. The normalized spacial score (nSPS) is 9.43. The number of rotatable bonds is 5. The van der Waals surface area contributed by atoms with Crippen molar-refractivity contribution >= 4 is 5.95 Å². The van der Waals surface area contributed by atoms with E-state index in [1.165, 1.54) is 0 Å². The van der Waals surface area contributed by atoms with E-state index >= 15 is 0 Å². The molecule has 14 heavy (non-hydrogen) atoms. The summed E-state index contributed by atoms with van der Waals surface area (Å²) in [5.74, 6) is 0.537. The summed E-state index contributed by atoms with van der Waals surface area (Å²) in [6.45, 7) is 1.26. The summed E-state index contributed by atoms with van der Waals surface area (Å²) in [6, 6.07) is 3.76. The molecule has 0 aliphatic heterocycles. The number of anilines is 1. The van der Waals surface area contributed by atoms with E-state index in [0.29, 0.717) is 25.5 Å². The van der Waals surface area contributed by atoms with Gasteiger partial charge < -0.3 is 10.1 Å². The maximum Gasteiger partial charge on any atom is 0.222 e. The molecule has 0 aliphatic rings. The topological polar surface area (TPSA) is 70.8 Å². The minimum atomic E-state index is 0.307. The Morgan fingerprint density at radius 1 is 1.64 bits per heavy atom. The summed E-state index contributed by atoms with van der Waals surface area (Å²) in [7, 11) is 1.63. The fourth-order valence-corrected chi connectivity index (χ4v) is 0.926. The van der Waals surface area contributed by atoms with Gasteiger partial charge in [0.15, 0.2) is 0 Å². The predicted octanol–water partition coefficient (Wildman–Crippen LogP) is 0.601. The Morgan fingerprint density at radius 2 is 2.50 bits per heavy atom. The Hall–Kier alpha value is -1.67. The Labute approximate surface area is 82.8 Å². The van der Waals surface area contributed by atoms with Crippen molar-refractivity contribution in [3.05, 3.63) is 18.0 Å². The van der Waals surface area contributed by atoms with Crippen molar-refractivity contribution in [1.29, 1.82) is 5.26 Å². The molecule has 0 aliphatic carbocycles. The highest BCUT2D eigenvalue weighted by Crippen LogP contribution is 2.00. The van der Waals surface area contributed by atoms with Crippen molar-refractivity contribution in [2.45, 2.75) is 6.42 Å². The van der Waals surface area contributed by atoms with E-state index in [-0.39, 0.29) is 0 Å². The summed E-state index contributed by atoms with van der Waals surface area (Å²) < 4.78 is 4.87. The highest BCUT2D eigenvalue weighted by atomic mass is 16.5. The third-order valence-corrected chi connectivity index (χ3v) is 1.56. The molecule has 0 saturated heterocycles. The van der Waals surface area contributed by atoms with Gasteiger partial charge in [-0.15, -0.1) is 0 Å². The Balaban J connectivity index is 2.51. The number of nitriles is 1. The molecule has 0 atom stereocenters. The van der Waals surface area contributed by atoms with E-state index < -0.39 is 0 Å². The SMILES string of the molecule is COCCNc1nccc(CC#N)n1. The van der Waals surface area contributed by atoms with Crippen molar-refractivity contribution in [3.63, 3.8) is 0 Å². The summed E-state index contributed by atoms with van der Waals surface area (Å²) in [5.41, 5.74) is 0.724. The lowest BCUT2D eigenvalue weighted by Gasteiger charge is -2.03. The summed E-state index contributed by atoms with van der Waals surface area (Å²) >= 11 is 0. The molecule has 5 heteroatoms. The first kappa shape index (κ1) is 10.4. The molecule has 1 rings (SSSR count). The number of hydrogen-bond acceptors (Lipinski definition) is 5. The molecule has 0 radical (unpaired) electrons. The van der Waals surface area contributed by atoms with Gasteiger partial charge in [-0.25, -0.2) is 9.97 Å². The third kappa shape index (κ3) is 3.37. The highest BCUT2D eigenvalue weighted by Gasteiger charge is 1.97. The van der Waals surface area contributed by atoms with E-state index in [9.17, 15) is 0 Å². The average Bonchev–Trinajstić information content (AvgIpc) is 2.19. The van der Waals surface area contributed by atoms with Gasteiger partial charge in [0.1, 0.15) is 0 Å². The molecule has 1 aromatic heterocycles. The average molecular weight is 192 g/mol. The van der Waals surface area contributed by atoms with Crippen LogP contribution >= 0.6 is 0 Å². The zero-order valence-corrected chi connectivity index (χ0v) is 8.03. The molecule has 5 nitrogen and oxygen atoms in total. The highest BCUT2D eigenvalue weighted by molar-refractivity contribution is 5.25. The molecule has 0 bridgehead atoms. The van der Waals surface area contributed by atoms with Crippen LogP contribution in [-0.2, 0) is 11.2 Å². The van der Waals surface area contributed by atoms with Crippen LogP contribution in [0, 0.1) is 11.3 Å². The van der Waals surface area contributed by atoms with E-state index in [1.54, 1.807) is 19.4 Å². The van der Waals surface area contributed by atoms with E-state index in [2.05, 4.69) is 15.3 Å². The van der Waals surface area contributed by atoms with Crippen molar-refractivity contribution in [2.75, 3.05) is 25.6 Å². The van der Waals surface area contributed by atoms with Crippen LogP contribution < -0.4 is 5.32 Å². The van der Waals surface area contributed by atoms with E-state index in [4.69, 9.17) is 10.00 Å². The molecule has 0 spiro atoms. The molecular formula is C9H12N4O. The summed E-state index contributed by atoms with van der Waals surface area (Å²) in [5, 5.41) is 11.5. The van der Waals surface area contributed by atoms with Gasteiger partial charge in [-0.2, -0.15) is 5.26 Å². The first-order valence-electron chi connectivity index (χ1n) is 4.28. The van der Waals surface area contributed by atoms with Crippen molar-refractivity contribution in [1.82, 2.24) is 9.97 Å². The largest absolute Gasteiger partial charge is 0.383 e. The zero-order chi connectivity index (χ0) is 10.2. The van der Waals surface area contributed by atoms with Gasteiger partial charge in [-0.1, -0.05) is 0 Å². The molecule has 0 fully saturated rings. The van der Waals surface area contributed by atoms with E-state index in [0.717, 1.165) is 5.69 Å². The minimum Gasteiger partial charge on any atom is -0.383 e. The van der Waals surface area contributed by atoms with Gasteiger partial charge in [-0.05, 0) is 6.07 Å². The minimum absolute atomic E-state index is 0.307. The van der Waals surface area contributed by atoms with Crippen LogP contribution in [0.4, 0.5) is 5.95 Å². The van der Waals surface area contributed by atoms with Crippen LogP contribution in [0.1, 0.15) is 5.69 Å². The standard InChI is InChI=1S/C9H12N4O/c1-14-7-6-12-9-11-5-3-8(13-9)2-4-10/h3,5H,2,6-7H2,1H3,(H,11,12,13). The van der Waals surface area contributed by atoms with Crippen LogP contribution in [0.5, 0.6) is 0 Å². The molecule has 0 aromatic carbocycles. The number of methoxy groups -OCH3 is 1. The van der Waals surface area contributed by atoms with Gasteiger partial charge in [-0.3, -0.25) is 0 Å². The van der Waals surface area contributed by atoms with Gasteiger partial charge in [0.05, 0.1) is 24.8 Å². The smallest absolute Gasteiger partial charge is 0.222 e. The maximum absolute atomic E-state index is 8.47. The maximum atomic E-state index is 8.47. The van der Waals surface area contributed by atoms with Crippen LogP contribution in [0.2, 0.25) is 0 Å². The van der Waals surface area contributed by atoms with E-state index in [1.807, 2.05) is 6.07 Å². The second-order valence-electron chi connectivity index (χ2n) is 2.63. The fourth-order valence-electron chi connectivity index (χ4n) is 0.926. The molecule has 1 aromatic rings. The lowest BCUT2D eigenvalue weighted by Crippen LogP contribution is -2.10. The molecule has 0 unspecified atom stereocenters. The number of hydrogen-bond donors (Lipinski definition) is 1. The monoisotopic (exact) mass is 192 g/mol. The van der Waals surface area contributed by atoms with Crippen molar-refractivity contribution in [3.8, 4) is 6.07 Å². The molecule has 74 valence electrons. The molecule has 1 N–H and O–H groups in total. The van der Waals surface area contributed by atoms with Crippen LogP contribution in [0.25, 0.3) is 0 Å². The van der Waals surface area contributed by atoms with Gasteiger partial charge >= 0.3 is 0 Å². The first-order valence-corrected chi connectivity index (χ1v) is 4.28. The second-order valence-corrected chi connectivity index (χ2v) is 2.63.